The minimum Gasteiger partial charge on any atom is -0.480 e. The van der Waals surface area contributed by atoms with Crippen molar-refractivity contribution in [2.45, 2.75) is 26.3 Å². The summed E-state index contributed by atoms with van der Waals surface area (Å²) in [6.45, 7) is 3.61. The molecule has 1 unspecified atom stereocenters. The molecule has 0 rings (SSSR count). The second-order valence-electron chi connectivity index (χ2n) is 3.19. The molecule has 15 heavy (non-hydrogen) atoms. The molecule has 2 atom stereocenters. The first kappa shape index (κ1) is 14.6. The van der Waals surface area contributed by atoms with Crippen molar-refractivity contribution in [2.75, 3.05) is 14.2 Å². The van der Waals surface area contributed by atoms with E-state index in [1.165, 1.54) is 14.2 Å². The van der Waals surface area contributed by atoms with Crippen LogP contribution in [0.2, 0.25) is 0 Å². The van der Waals surface area contributed by atoms with E-state index in [4.69, 9.17) is 5.11 Å². The summed E-state index contributed by atoms with van der Waals surface area (Å²) in [6, 6.07) is -0.944. The molecule has 0 amide bonds. The molecule has 0 saturated carbocycles. The standard InChI is InChI=1S/C8H18NO5P/c1-5-6(2)7(8(10)11)9-15(12,13-3)14-4/h6-7H,5H2,1-4H3,(H,9,12)(H,10,11)/t6?,7-/m0/s1. The molecule has 0 aromatic rings. The van der Waals surface area contributed by atoms with Crippen molar-refractivity contribution in [3.05, 3.63) is 0 Å². The van der Waals surface area contributed by atoms with Gasteiger partial charge in [0.1, 0.15) is 6.04 Å². The van der Waals surface area contributed by atoms with Crippen LogP contribution < -0.4 is 5.09 Å². The topological polar surface area (TPSA) is 84.9 Å². The number of rotatable bonds is 7. The van der Waals surface area contributed by atoms with E-state index in [9.17, 15) is 9.36 Å². The molecule has 0 aliphatic heterocycles. The third-order valence-electron chi connectivity index (χ3n) is 2.26. The first-order valence-electron chi connectivity index (χ1n) is 4.62. The number of carbonyl (C=O) groups is 1. The Morgan fingerprint density at radius 3 is 2.20 bits per heavy atom. The number of carboxylic acid groups (broad SMARTS) is 1. The molecule has 0 radical (unpaired) electrons. The van der Waals surface area contributed by atoms with Gasteiger partial charge in [0.2, 0.25) is 0 Å². The number of hydrogen-bond donors (Lipinski definition) is 2. The molecule has 0 heterocycles. The Hall–Kier alpha value is -0.420. The van der Waals surface area contributed by atoms with Crippen LogP contribution in [0.4, 0.5) is 0 Å². The number of aliphatic carboxylic acids is 1. The predicted octanol–water partition coefficient (Wildman–Crippen LogP) is 1.48. The van der Waals surface area contributed by atoms with Crippen LogP contribution in [0.15, 0.2) is 0 Å². The van der Waals surface area contributed by atoms with Gasteiger partial charge in [-0.3, -0.25) is 4.79 Å². The fourth-order valence-electron chi connectivity index (χ4n) is 1.01. The van der Waals surface area contributed by atoms with Gasteiger partial charge in [-0.15, -0.1) is 0 Å². The van der Waals surface area contributed by atoms with Gasteiger partial charge in [-0.1, -0.05) is 20.3 Å². The van der Waals surface area contributed by atoms with E-state index >= 15 is 0 Å². The van der Waals surface area contributed by atoms with E-state index in [-0.39, 0.29) is 5.92 Å². The number of hydrogen-bond acceptors (Lipinski definition) is 4. The van der Waals surface area contributed by atoms with E-state index in [0.29, 0.717) is 6.42 Å². The van der Waals surface area contributed by atoms with Crippen LogP contribution in [0.3, 0.4) is 0 Å². The summed E-state index contributed by atoms with van der Waals surface area (Å²) in [5.41, 5.74) is 0. The second-order valence-corrected chi connectivity index (χ2v) is 5.18. The highest BCUT2D eigenvalue weighted by Crippen LogP contribution is 2.42. The zero-order valence-electron chi connectivity index (χ0n) is 9.39. The first-order chi connectivity index (χ1) is 6.90. The highest BCUT2D eigenvalue weighted by atomic mass is 31.2. The lowest BCUT2D eigenvalue weighted by Crippen LogP contribution is -2.40. The number of nitrogens with one attached hydrogen (secondary N) is 1. The fraction of sp³-hybridized carbons (Fsp3) is 0.875. The van der Waals surface area contributed by atoms with Crippen LogP contribution in [-0.4, -0.2) is 31.3 Å². The van der Waals surface area contributed by atoms with Gasteiger partial charge in [0.15, 0.2) is 0 Å². The summed E-state index contributed by atoms with van der Waals surface area (Å²) >= 11 is 0. The lowest BCUT2D eigenvalue weighted by Gasteiger charge is -2.23. The van der Waals surface area contributed by atoms with Crippen molar-refractivity contribution < 1.29 is 23.5 Å². The van der Waals surface area contributed by atoms with Crippen LogP contribution >= 0.6 is 7.75 Å². The summed E-state index contributed by atoms with van der Waals surface area (Å²) in [7, 11) is -1.09. The Morgan fingerprint density at radius 1 is 1.47 bits per heavy atom. The maximum Gasteiger partial charge on any atom is 0.405 e. The van der Waals surface area contributed by atoms with E-state index in [1.807, 2.05) is 6.92 Å². The van der Waals surface area contributed by atoms with Gasteiger partial charge >= 0.3 is 13.7 Å². The monoisotopic (exact) mass is 239 g/mol. The molecule has 0 saturated heterocycles. The van der Waals surface area contributed by atoms with Gasteiger partial charge in [-0.05, 0) is 5.92 Å². The van der Waals surface area contributed by atoms with E-state index < -0.39 is 19.8 Å². The van der Waals surface area contributed by atoms with Crippen LogP contribution in [0.25, 0.3) is 0 Å². The van der Waals surface area contributed by atoms with Gasteiger partial charge in [0.25, 0.3) is 0 Å². The zero-order valence-corrected chi connectivity index (χ0v) is 10.3. The maximum atomic E-state index is 11.7. The van der Waals surface area contributed by atoms with Crippen LogP contribution in [0.5, 0.6) is 0 Å². The second kappa shape index (κ2) is 6.23. The Balaban J connectivity index is 4.68. The van der Waals surface area contributed by atoms with Crippen LogP contribution in [0.1, 0.15) is 20.3 Å². The smallest absolute Gasteiger partial charge is 0.405 e. The first-order valence-corrected chi connectivity index (χ1v) is 6.16. The van der Waals surface area contributed by atoms with Crippen LogP contribution in [-0.2, 0) is 18.4 Å². The third-order valence-corrected chi connectivity index (χ3v) is 3.81. The van der Waals surface area contributed by atoms with Crippen molar-refractivity contribution in [2.24, 2.45) is 5.92 Å². The summed E-state index contributed by atoms with van der Waals surface area (Å²) < 4.78 is 20.9. The van der Waals surface area contributed by atoms with Crippen molar-refractivity contribution in [1.29, 1.82) is 0 Å². The van der Waals surface area contributed by atoms with E-state index in [2.05, 4.69) is 14.1 Å². The lowest BCUT2D eigenvalue weighted by atomic mass is 10.0. The molecule has 0 aliphatic carbocycles. The van der Waals surface area contributed by atoms with E-state index in [0.717, 1.165) is 0 Å². The molecule has 7 heteroatoms. The minimum atomic E-state index is -3.49. The molecular formula is C8H18NO5P. The molecule has 0 fully saturated rings. The van der Waals surface area contributed by atoms with Gasteiger partial charge in [-0.25, -0.2) is 9.65 Å². The fourth-order valence-corrected chi connectivity index (χ4v) is 2.08. The summed E-state index contributed by atoms with van der Waals surface area (Å²) in [4.78, 5) is 10.9. The molecule has 0 aromatic heterocycles. The molecule has 0 aromatic carbocycles. The van der Waals surface area contributed by atoms with Gasteiger partial charge in [-0.2, -0.15) is 0 Å². The third kappa shape index (κ3) is 4.30. The summed E-state index contributed by atoms with van der Waals surface area (Å²) in [5, 5.41) is 11.3. The summed E-state index contributed by atoms with van der Waals surface area (Å²) in [6.07, 6.45) is 0.650. The zero-order chi connectivity index (χ0) is 12.1. The largest absolute Gasteiger partial charge is 0.480 e. The molecular weight excluding hydrogens is 221 g/mol. The highest BCUT2D eigenvalue weighted by molar-refractivity contribution is 7.51. The van der Waals surface area contributed by atoms with Crippen molar-refractivity contribution in [3.8, 4) is 0 Å². The average Bonchev–Trinajstić information content (AvgIpc) is 2.24. The predicted molar refractivity (Wildman–Crippen MR) is 55.6 cm³/mol. The Labute approximate surface area is 89.5 Å². The lowest BCUT2D eigenvalue weighted by molar-refractivity contribution is -0.140. The van der Waals surface area contributed by atoms with Crippen LogP contribution in [0, 0.1) is 5.92 Å². The summed E-state index contributed by atoms with van der Waals surface area (Å²) in [5.74, 6) is -1.24. The molecule has 0 bridgehead atoms. The molecule has 0 spiro atoms. The normalized spacial score (nSPS) is 16.0. The minimum absolute atomic E-state index is 0.166. The highest BCUT2D eigenvalue weighted by Gasteiger charge is 2.32. The van der Waals surface area contributed by atoms with Crippen molar-refractivity contribution in [3.63, 3.8) is 0 Å². The molecule has 2 N–H and O–H groups in total. The van der Waals surface area contributed by atoms with Gasteiger partial charge in [0.05, 0.1) is 0 Å². The molecule has 0 aliphatic rings. The van der Waals surface area contributed by atoms with Crippen molar-refractivity contribution in [1.82, 2.24) is 5.09 Å². The van der Waals surface area contributed by atoms with Gasteiger partial charge < -0.3 is 14.2 Å². The maximum absolute atomic E-state index is 11.7. The Bertz CT molecular complexity index is 249. The van der Waals surface area contributed by atoms with E-state index in [1.54, 1.807) is 6.92 Å². The Kier molecular flexibility index (Phi) is 6.05. The average molecular weight is 239 g/mol. The quantitative estimate of drug-likeness (QED) is 0.654. The SMILES string of the molecule is CCC(C)[C@H](NP(=O)(OC)OC)C(=O)O. The van der Waals surface area contributed by atoms with Crippen molar-refractivity contribution >= 4 is 13.7 Å². The molecule has 6 nitrogen and oxygen atoms in total. The molecule has 90 valence electrons. The van der Waals surface area contributed by atoms with Gasteiger partial charge in [0, 0.05) is 14.2 Å². The Morgan fingerprint density at radius 2 is 1.93 bits per heavy atom. The number of carboxylic acids is 1.